The maximum absolute atomic E-state index is 5.52. The van der Waals surface area contributed by atoms with Crippen LogP contribution in [-0.2, 0) is 0 Å². The van der Waals surface area contributed by atoms with Gasteiger partial charge in [-0.3, -0.25) is 0 Å². The molecule has 0 aromatic rings. The molecule has 0 spiro atoms. The van der Waals surface area contributed by atoms with E-state index in [-0.39, 0.29) is 0 Å². The highest BCUT2D eigenvalue weighted by Gasteiger charge is 2.35. The fourth-order valence-electron chi connectivity index (χ4n) is 2.93. The average Bonchev–Trinajstić information content (AvgIpc) is 2.05. The molecule has 0 radical (unpaired) electrons. The largest absolute Gasteiger partial charge is 0.376 e. The third-order valence-electron chi connectivity index (χ3n) is 3.69. The second-order valence-electron chi connectivity index (χ2n) is 4.58. The zero-order chi connectivity index (χ0) is 10.1. The van der Waals surface area contributed by atoms with Crippen LogP contribution in [0.1, 0.15) is 32.1 Å². The van der Waals surface area contributed by atoms with Gasteiger partial charge >= 0.3 is 0 Å². The van der Waals surface area contributed by atoms with Crippen molar-refractivity contribution in [2.75, 3.05) is 7.05 Å². The van der Waals surface area contributed by atoms with Crippen LogP contribution in [0.25, 0.3) is 0 Å². The van der Waals surface area contributed by atoms with E-state index in [9.17, 15) is 0 Å². The Morgan fingerprint density at radius 1 is 1.36 bits per heavy atom. The summed E-state index contributed by atoms with van der Waals surface area (Å²) in [6.45, 7) is 0. The lowest BCUT2D eigenvalue weighted by Crippen LogP contribution is -2.55. The van der Waals surface area contributed by atoms with Gasteiger partial charge in [-0.1, -0.05) is 6.42 Å². The molecule has 2 saturated heterocycles. The van der Waals surface area contributed by atoms with Gasteiger partial charge in [0.25, 0.3) is 0 Å². The smallest absolute Gasteiger partial charge is 0.163 e. The molecule has 3 atom stereocenters. The summed E-state index contributed by atoms with van der Waals surface area (Å²) < 4.78 is 0. The average molecular weight is 213 g/mol. The highest BCUT2D eigenvalue weighted by Crippen LogP contribution is 2.32. The predicted octanol–water partition coefficient (Wildman–Crippen LogP) is 0.835. The summed E-state index contributed by atoms with van der Waals surface area (Å²) in [7, 11) is 2.26. The first-order valence-electron chi connectivity index (χ1n) is 5.44. The van der Waals surface area contributed by atoms with E-state index in [1.165, 1.54) is 32.1 Å². The van der Waals surface area contributed by atoms with Crippen LogP contribution in [0.4, 0.5) is 0 Å². The van der Waals surface area contributed by atoms with Gasteiger partial charge in [0.05, 0.1) is 0 Å². The number of hydrogen-bond acceptors (Lipinski definition) is 2. The molecule has 0 aromatic carbocycles. The molecule has 2 rings (SSSR count). The minimum atomic E-state index is 0.456. The number of nitrogens with one attached hydrogen (secondary N) is 1. The fourth-order valence-corrected chi connectivity index (χ4v) is 3.10. The summed E-state index contributed by atoms with van der Waals surface area (Å²) in [5, 5.41) is 3.67. The lowest BCUT2D eigenvalue weighted by atomic mass is 9.82. The van der Waals surface area contributed by atoms with Crippen molar-refractivity contribution in [3.05, 3.63) is 0 Å². The maximum Gasteiger partial charge on any atom is 0.163 e. The molecule has 14 heavy (non-hydrogen) atoms. The molecule has 3 nitrogen and oxygen atoms in total. The number of piperidine rings is 2. The van der Waals surface area contributed by atoms with Crippen molar-refractivity contribution in [3.8, 4) is 0 Å². The Balaban J connectivity index is 1.97. The molecule has 4 heteroatoms. The van der Waals surface area contributed by atoms with Crippen LogP contribution in [0.5, 0.6) is 0 Å². The molecule has 80 valence electrons. The van der Waals surface area contributed by atoms with Crippen LogP contribution in [0, 0.1) is 0 Å². The van der Waals surface area contributed by atoms with E-state index in [0.717, 1.165) is 12.1 Å². The Bertz CT molecular complexity index is 217. The predicted molar refractivity (Wildman–Crippen MR) is 62.1 cm³/mol. The molecule has 0 aliphatic carbocycles. The highest BCUT2D eigenvalue weighted by molar-refractivity contribution is 7.80. The summed E-state index contributed by atoms with van der Waals surface area (Å²) in [4.78, 5) is 2.54. The highest BCUT2D eigenvalue weighted by atomic mass is 32.1. The molecular formula is C10H19N3S. The molecule has 2 fully saturated rings. The zero-order valence-corrected chi connectivity index (χ0v) is 9.52. The van der Waals surface area contributed by atoms with Gasteiger partial charge < -0.3 is 16.0 Å². The van der Waals surface area contributed by atoms with Crippen LogP contribution >= 0.6 is 12.2 Å². The standard InChI is InChI=1S/C10H19N3S/c1-13-8-3-2-4-9(13)6-7(5-8)12-10(11)14/h7-9H,2-6H2,1H3,(H3,11,12,14)/t7?,8-,9+. The van der Waals surface area contributed by atoms with E-state index in [1.807, 2.05) is 0 Å². The van der Waals surface area contributed by atoms with Crippen molar-refractivity contribution in [2.45, 2.75) is 50.2 Å². The first-order chi connectivity index (χ1) is 6.66. The monoisotopic (exact) mass is 213 g/mol. The van der Waals surface area contributed by atoms with E-state index in [0.29, 0.717) is 11.2 Å². The van der Waals surface area contributed by atoms with E-state index in [4.69, 9.17) is 18.0 Å². The number of thiocarbonyl (C=S) groups is 1. The van der Waals surface area contributed by atoms with Crippen molar-refractivity contribution < 1.29 is 0 Å². The second-order valence-corrected chi connectivity index (χ2v) is 5.02. The molecule has 1 unspecified atom stereocenters. The molecule has 0 aromatic heterocycles. The molecule has 2 bridgehead atoms. The van der Waals surface area contributed by atoms with Crippen molar-refractivity contribution in [2.24, 2.45) is 5.73 Å². The molecule has 0 saturated carbocycles. The van der Waals surface area contributed by atoms with Gasteiger partial charge in [0.1, 0.15) is 0 Å². The van der Waals surface area contributed by atoms with Gasteiger partial charge in [-0.25, -0.2) is 0 Å². The topological polar surface area (TPSA) is 41.3 Å². The summed E-state index contributed by atoms with van der Waals surface area (Å²) in [5.74, 6) is 0. The van der Waals surface area contributed by atoms with Gasteiger partial charge in [-0.2, -0.15) is 0 Å². The zero-order valence-electron chi connectivity index (χ0n) is 8.70. The Morgan fingerprint density at radius 2 is 1.93 bits per heavy atom. The van der Waals surface area contributed by atoms with Gasteiger partial charge in [0, 0.05) is 18.1 Å². The molecule has 0 amide bonds. The van der Waals surface area contributed by atoms with Crippen molar-refractivity contribution >= 4 is 17.3 Å². The third-order valence-corrected chi connectivity index (χ3v) is 3.80. The summed E-state index contributed by atoms with van der Waals surface area (Å²) >= 11 is 4.89. The lowest BCUT2D eigenvalue weighted by Gasteiger charge is -2.47. The number of nitrogens with zero attached hydrogens (tertiary/aromatic N) is 1. The van der Waals surface area contributed by atoms with Gasteiger partial charge in [0.2, 0.25) is 0 Å². The van der Waals surface area contributed by atoms with Crippen LogP contribution in [-0.4, -0.2) is 35.2 Å². The van der Waals surface area contributed by atoms with E-state index in [1.54, 1.807) is 0 Å². The fraction of sp³-hybridized carbons (Fsp3) is 0.900. The SMILES string of the molecule is CN1[C@@H]2CCC[C@H]1CC(NC(N)=S)C2. The maximum atomic E-state index is 5.52. The van der Waals surface area contributed by atoms with E-state index in [2.05, 4.69) is 17.3 Å². The number of nitrogens with two attached hydrogens (primary N) is 1. The Kier molecular flexibility index (Phi) is 2.93. The summed E-state index contributed by atoms with van der Waals surface area (Å²) in [6, 6.07) is 2.00. The number of fused-ring (bicyclic) bond motifs is 2. The van der Waals surface area contributed by atoms with Crippen LogP contribution in [0.15, 0.2) is 0 Å². The van der Waals surface area contributed by atoms with Crippen molar-refractivity contribution in [1.82, 2.24) is 10.2 Å². The Hall–Kier alpha value is -0.350. The van der Waals surface area contributed by atoms with Crippen LogP contribution in [0.2, 0.25) is 0 Å². The van der Waals surface area contributed by atoms with Gasteiger partial charge in [-0.05, 0) is 44.9 Å². The van der Waals surface area contributed by atoms with Crippen molar-refractivity contribution in [3.63, 3.8) is 0 Å². The minimum Gasteiger partial charge on any atom is -0.376 e. The minimum absolute atomic E-state index is 0.456. The second kappa shape index (κ2) is 4.03. The summed E-state index contributed by atoms with van der Waals surface area (Å²) in [5.41, 5.74) is 5.52. The van der Waals surface area contributed by atoms with Gasteiger partial charge in [0.15, 0.2) is 5.11 Å². The molecular weight excluding hydrogens is 194 g/mol. The molecule has 2 aliphatic heterocycles. The van der Waals surface area contributed by atoms with Crippen LogP contribution in [0.3, 0.4) is 0 Å². The Morgan fingerprint density at radius 3 is 2.43 bits per heavy atom. The number of rotatable bonds is 1. The van der Waals surface area contributed by atoms with Crippen molar-refractivity contribution in [1.29, 1.82) is 0 Å². The Labute approximate surface area is 91.0 Å². The molecule has 3 N–H and O–H groups in total. The van der Waals surface area contributed by atoms with Crippen LogP contribution < -0.4 is 11.1 Å². The van der Waals surface area contributed by atoms with E-state index >= 15 is 0 Å². The number of hydrogen-bond donors (Lipinski definition) is 2. The molecule has 2 aliphatic rings. The normalized spacial score (nSPS) is 37.9. The first kappa shape index (κ1) is 10.2. The summed E-state index contributed by atoms with van der Waals surface area (Å²) in [6.07, 6.45) is 6.46. The van der Waals surface area contributed by atoms with Gasteiger partial charge in [-0.15, -0.1) is 0 Å². The quantitative estimate of drug-likeness (QED) is 0.633. The molecule has 2 heterocycles. The first-order valence-corrected chi connectivity index (χ1v) is 5.85. The lowest BCUT2D eigenvalue weighted by molar-refractivity contribution is 0.0529. The van der Waals surface area contributed by atoms with E-state index < -0.39 is 0 Å². The third kappa shape index (κ3) is 2.01.